The maximum atomic E-state index is 12.7. The highest BCUT2D eigenvalue weighted by Crippen LogP contribution is 2.22. The Labute approximate surface area is 110 Å². The van der Waals surface area contributed by atoms with E-state index in [9.17, 15) is 12.8 Å². The minimum Gasteiger partial charge on any atom is -0.398 e. The second-order valence-corrected chi connectivity index (χ2v) is 5.60. The average Bonchev–Trinajstić information content (AvgIpc) is 2.35. The monoisotopic (exact) mass is 281 g/mol. The van der Waals surface area contributed by atoms with Crippen LogP contribution in [0.5, 0.6) is 0 Å². The standard InChI is InChI=1S/C12H12FN3O2S/c1-8-10(14)3-2-4-11(8)19(17,18)16-9-5-6-12(13)15-7-9/h2-7,16H,14H2,1H3. The van der Waals surface area contributed by atoms with Gasteiger partial charge in [0.1, 0.15) is 0 Å². The van der Waals surface area contributed by atoms with Crippen molar-refractivity contribution in [1.29, 1.82) is 0 Å². The number of nitrogens with two attached hydrogens (primary N) is 1. The molecule has 2 aromatic rings. The van der Waals surface area contributed by atoms with Crippen LogP contribution in [0, 0.1) is 12.9 Å². The third kappa shape index (κ3) is 2.82. The molecule has 7 heteroatoms. The Hall–Kier alpha value is -2.15. The summed E-state index contributed by atoms with van der Waals surface area (Å²) in [4.78, 5) is 3.46. The third-order valence-corrected chi connectivity index (χ3v) is 4.12. The predicted molar refractivity (Wildman–Crippen MR) is 70.6 cm³/mol. The zero-order valence-electron chi connectivity index (χ0n) is 10.1. The van der Waals surface area contributed by atoms with Crippen molar-refractivity contribution in [2.75, 3.05) is 10.5 Å². The van der Waals surface area contributed by atoms with Crippen molar-refractivity contribution < 1.29 is 12.8 Å². The van der Waals surface area contributed by atoms with Gasteiger partial charge in [-0.05, 0) is 36.8 Å². The first kappa shape index (κ1) is 13.3. The SMILES string of the molecule is Cc1c(N)cccc1S(=O)(=O)Nc1ccc(F)nc1. The van der Waals surface area contributed by atoms with E-state index in [4.69, 9.17) is 5.73 Å². The van der Waals surface area contributed by atoms with E-state index in [1.54, 1.807) is 19.1 Å². The molecule has 0 fully saturated rings. The summed E-state index contributed by atoms with van der Waals surface area (Å²) < 4.78 is 39.3. The number of sulfonamides is 1. The molecule has 0 aliphatic carbocycles. The van der Waals surface area contributed by atoms with Crippen LogP contribution in [0.2, 0.25) is 0 Å². The van der Waals surface area contributed by atoms with Gasteiger partial charge in [-0.3, -0.25) is 4.72 Å². The van der Waals surface area contributed by atoms with Gasteiger partial charge in [0.2, 0.25) is 5.95 Å². The molecule has 0 amide bonds. The summed E-state index contributed by atoms with van der Waals surface area (Å²) in [5, 5.41) is 0. The highest BCUT2D eigenvalue weighted by molar-refractivity contribution is 7.92. The first-order valence-electron chi connectivity index (χ1n) is 5.39. The fraction of sp³-hybridized carbons (Fsp3) is 0.0833. The Bertz CT molecular complexity index is 699. The summed E-state index contributed by atoms with van der Waals surface area (Å²) in [6.07, 6.45) is 1.11. The van der Waals surface area contributed by atoms with Crippen molar-refractivity contribution in [3.63, 3.8) is 0 Å². The second kappa shape index (κ2) is 4.85. The van der Waals surface area contributed by atoms with Gasteiger partial charge in [-0.1, -0.05) is 6.07 Å². The number of rotatable bonds is 3. The van der Waals surface area contributed by atoms with E-state index in [0.717, 1.165) is 12.3 Å². The lowest BCUT2D eigenvalue weighted by Gasteiger charge is -2.11. The van der Waals surface area contributed by atoms with Gasteiger partial charge >= 0.3 is 0 Å². The van der Waals surface area contributed by atoms with E-state index in [-0.39, 0.29) is 10.6 Å². The molecule has 0 aliphatic heterocycles. The van der Waals surface area contributed by atoms with E-state index >= 15 is 0 Å². The van der Waals surface area contributed by atoms with Gasteiger partial charge in [0, 0.05) is 5.69 Å². The minimum atomic E-state index is -3.77. The maximum absolute atomic E-state index is 12.7. The lowest BCUT2D eigenvalue weighted by atomic mass is 10.2. The number of pyridine rings is 1. The van der Waals surface area contributed by atoms with Crippen LogP contribution in [0.3, 0.4) is 0 Å². The number of hydrogen-bond donors (Lipinski definition) is 2. The van der Waals surface area contributed by atoms with Gasteiger partial charge in [-0.15, -0.1) is 0 Å². The van der Waals surface area contributed by atoms with Crippen molar-refractivity contribution in [3.8, 4) is 0 Å². The molecule has 19 heavy (non-hydrogen) atoms. The normalized spacial score (nSPS) is 11.3. The van der Waals surface area contributed by atoms with Crippen LogP contribution in [0.25, 0.3) is 0 Å². The number of nitrogens with one attached hydrogen (secondary N) is 1. The molecule has 1 aromatic heterocycles. The molecule has 1 aromatic carbocycles. The van der Waals surface area contributed by atoms with Crippen molar-refractivity contribution >= 4 is 21.4 Å². The number of benzene rings is 1. The number of nitrogens with zero attached hydrogens (tertiary/aromatic N) is 1. The van der Waals surface area contributed by atoms with Crippen molar-refractivity contribution in [2.45, 2.75) is 11.8 Å². The molecular weight excluding hydrogens is 269 g/mol. The van der Waals surface area contributed by atoms with Crippen LogP contribution in [-0.2, 0) is 10.0 Å². The number of aromatic nitrogens is 1. The zero-order valence-corrected chi connectivity index (χ0v) is 10.9. The Morgan fingerprint density at radius 3 is 2.63 bits per heavy atom. The molecule has 1 heterocycles. The van der Waals surface area contributed by atoms with Crippen molar-refractivity contribution in [2.24, 2.45) is 0 Å². The summed E-state index contributed by atoms with van der Waals surface area (Å²) >= 11 is 0. The predicted octanol–water partition coefficient (Wildman–Crippen LogP) is 1.91. The van der Waals surface area contributed by atoms with Crippen LogP contribution in [0.1, 0.15) is 5.56 Å². The van der Waals surface area contributed by atoms with Crippen molar-refractivity contribution in [3.05, 3.63) is 48.0 Å². The van der Waals surface area contributed by atoms with Gasteiger partial charge in [-0.25, -0.2) is 13.4 Å². The van der Waals surface area contributed by atoms with E-state index in [1.807, 2.05) is 0 Å². The second-order valence-electron chi connectivity index (χ2n) is 3.95. The zero-order chi connectivity index (χ0) is 14.0. The number of halogens is 1. The molecule has 5 nitrogen and oxygen atoms in total. The number of nitrogen functional groups attached to an aromatic ring is 1. The molecule has 100 valence electrons. The molecule has 0 radical (unpaired) electrons. The highest BCUT2D eigenvalue weighted by atomic mass is 32.2. The van der Waals surface area contributed by atoms with Gasteiger partial charge in [-0.2, -0.15) is 4.39 Å². The van der Waals surface area contributed by atoms with E-state index < -0.39 is 16.0 Å². The van der Waals surface area contributed by atoms with E-state index in [2.05, 4.69) is 9.71 Å². The molecule has 0 saturated heterocycles. The molecule has 0 aliphatic rings. The quantitative estimate of drug-likeness (QED) is 0.665. The molecule has 3 N–H and O–H groups in total. The topological polar surface area (TPSA) is 85.1 Å². The first-order valence-corrected chi connectivity index (χ1v) is 6.88. The smallest absolute Gasteiger partial charge is 0.262 e. The summed E-state index contributed by atoms with van der Waals surface area (Å²) in [6, 6.07) is 6.99. The van der Waals surface area contributed by atoms with Gasteiger partial charge < -0.3 is 5.73 Å². The maximum Gasteiger partial charge on any atom is 0.262 e. The van der Waals surface area contributed by atoms with Crippen LogP contribution in [0.15, 0.2) is 41.4 Å². The lowest BCUT2D eigenvalue weighted by molar-refractivity contribution is 0.583. The molecule has 0 saturated carbocycles. The minimum absolute atomic E-state index is 0.0804. The summed E-state index contributed by atoms with van der Waals surface area (Å²) in [7, 11) is -3.77. The van der Waals surface area contributed by atoms with Crippen LogP contribution >= 0.6 is 0 Å². The fourth-order valence-electron chi connectivity index (χ4n) is 1.57. The molecule has 0 unspecified atom stereocenters. The molecule has 0 atom stereocenters. The number of hydrogen-bond acceptors (Lipinski definition) is 4. The molecule has 0 bridgehead atoms. The Balaban J connectivity index is 2.38. The fourth-order valence-corrected chi connectivity index (χ4v) is 2.89. The lowest BCUT2D eigenvalue weighted by Crippen LogP contribution is -2.15. The van der Waals surface area contributed by atoms with Gasteiger partial charge in [0.15, 0.2) is 0 Å². The van der Waals surface area contributed by atoms with Crippen LogP contribution in [0.4, 0.5) is 15.8 Å². The molecule has 2 rings (SSSR count). The van der Waals surface area contributed by atoms with E-state index in [1.165, 1.54) is 12.1 Å². The van der Waals surface area contributed by atoms with Crippen LogP contribution in [-0.4, -0.2) is 13.4 Å². The van der Waals surface area contributed by atoms with Gasteiger partial charge in [0.05, 0.1) is 16.8 Å². The van der Waals surface area contributed by atoms with E-state index in [0.29, 0.717) is 11.3 Å². The summed E-state index contributed by atoms with van der Waals surface area (Å²) in [5.41, 5.74) is 6.71. The summed E-state index contributed by atoms with van der Waals surface area (Å²) in [5.74, 6) is -0.678. The molecular formula is C12H12FN3O2S. The Morgan fingerprint density at radius 2 is 2.00 bits per heavy atom. The highest BCUT2D eigenvalue weighted by Gasteiger charge is 2.18. The Morgan fingerprint density at radius 1 is 1.26 bits per heavy atom. The van der Waals surface area contributed by atoms with Gasteiger partial charge in [0.25, 0.3) is 10.0 Å². The Kier molecular flexibility index (Phi) is 3.39. The van der Waals surface area contributed by atoms with Crippen molar-refractivity contribution in [1.82, 2.24) is 4.98 Å². The third-order valence-electron chi connectivity index (χ3n) is 2.60. The average molecular weight is 281 g/mol. The first-order chi connectivity index (χ1) is 8.90. The molecule has 0 spiro atoms. The van der Waals surface area contributed by atoms with Crippen LogP contribution < -0.4 is 10.5 Å². The largest absolute Gasteiger partial charge is 0.398 e. The summed E-state index contributed by atoms with van der Waals surface area (Å²) in [6.45, 7) is 1.62. The number of anilines is 2.